The lowest BCUT2D eigenvalue weighted by atomic mass is 10.2. The molecule has 1 aromatic carbocycles. The van der Waals surface area contributed by atoms with Gasteiger partial charge in [0.2, 0.25) is 5.95 Å². The highest BCUT2D eigenvalue weighted by Crippen LogP contribution is 2.28. The summed E-state index contributed by atoms with van der Waals surface area (Å²) in [6.07, 6.45) is 4.72. The molecule has 130 valence electrons. The van der Waals surface area contributed by atoms with Crippen LogP contribution in [-0.4, -0.2) is 24.7 Å². The molecular formula is C19H18N6S. The molecule has 0 radical (unpaired) electrons. The van der Waals surface area contributed by atoms with Crippen molar-refractivity contribution in [3.63, 3.8) is 0 Å². The monoisotopic (exact) mass is 362 g/mol. The van der Waals surface area contributed by atoms with E-state index in [0.717, 1.165) is 40.7 Å². The van der Waals surface area contributed by atoms with Crippen molar-refractivity contribution in [2.75, 3.05) is 5.32 Å². The highest BCUT2D eigenvalue weighted by atomic mass is 32.1. The third kappa shape index (κ3) is 3.62. The molecule has 0 saturated heterocycles. The number of anilines is 2. The van der Waals surface area contributed by atoms with Gasteiger partial charge in [-0.2, -0.15) is 5.10 Å². The number of benzene rings is 1. The van der Waals surface area contributed by atoms with Crippen molar-refractivity contribution in [3.05, 3.63) is 60.2 Å². The van der Waals surface area contributed by atoms with Crippen molar-refractivity contribution < 1.29 is 0 Å². The average molecular weight is 362 g/mol. The number of hydrogen-bond acceptors (Lipinski definition) is 6. The molecular weight excluding hydrogens is 344 g/mol. The van der Waals surface area contributed by atoms with E-state index in [0.29, 0.717) is 5.95 Å². The lowest BCUT2D eigenvalue weighted by molar-refractivity contribution is 0.605. The third-order valence-corrected chi connectivity index (χ3v) is 4.67. The summed E-state index contributed by atoms with van der Waals surface area (Å²) in [6.45, 7) is 3.02. The molecule has 0 saturated carbocycles. The minimum atomic E-state index is 0.513. The molecule has 1 N–H and O–H groups in total. The molecule has 0 unspecified atom stereocenters. The molecule has 0 bridgehead atoms. The van der Waals surface area contributed by atoms with E-state index in [9.17, 15) is 0 Å². The molecule has 0 atom stereocenters. The smallest absolute Gasteiger partial charge is 0.228 e. The molecule has 6 nitrogen and oxygen atoms in total. The standard InChI is InChI=1S/C19H18N6S/c1-2-11-25-12-9-17(24-25)23-19-20-10-8-15(22-19)16-13-26-18(21-16)14-6-4-3-5-7-14/h3-10,12-13H,2,11H2,1H3,(H,20,22,23,24). The first-order valence-corrected chi connectivity index (χ1v) is 9.34. The molecule has 4 aromatic rings. The molecule has 0 aliphatic rings. The van der Waals surface area contributed by atoms with Gasteiger partial charge in [-0.3, -0.25) is 4.68 Å². The van der Waals surface area contributed by atoms with E-state index in [1.165, 1.54) is 0 Å². The second-order valence-electron chi connectivity index (χ2n) is 5.76. The predicted molar refractivity (Wildman–Crippen MR) is 104 cm³/mol. The van der Waals surface area contributed by atoms with Crippen LogP contribution in [-0.2, 0) is 6.54 Å². The Morgan fingerprint density at radius 1 is 1.04 bits per heavy atom. The van der Waals surface area contributed by atoms with E-state index in [2.05, 4.69) is 39.4 Å². The van der Waals surface area contributed by atoms with E-state index >= 15 is 0 Å². The summed E-state index contributed by atoms with van der Waals surface area (Å²) in [5.74, 6) is 1.25. The number of nitrogens with zero attached hydrogens (tertiary/aromatic N) is 5. The number of aromatic nitrogens is 5. The number of thiazole rings is 1. The Hall–Kier alpha value is -3.06. The van der Waals surface area contributed by atoms with Crippen molar-refractivity contribution in [3.8, 4) is 22.0 Å². The maximum atomic E-state index is 4.71. The van der Waals surface area contributed by atoms with Gasteiger partial charge in [0.05, 0.1) is 5.69 Å². The van der Waals surface area contributed by atoms with E-state index in [-0.39, 0.29) is 0 Å². The molecule has 4 rings (SSSR count). The summed E-state index contributed by atoms with van der Waals surface area (Å²) in [5, 5.41) is 10.6. The van der Waals surface area contributed by atoms with Gasteiger partial charge in [0.25, 0.3) is 0 Å². The first-order chi connectivity index (χ1) is 12.8. The predicted octanol–water partition coefficient (Wildman–Crippen LogP) is 4.62. The molecule has 0 aliphatic heterocycles. The molecule has 7 heteroatoms. The van der Waals surface area contributed by atoms with Crippen LogP contribution in [0.3, 0.4) is 0 Å². The fraction of sp³-hybridized carbons (Fsp3) is 0.158. The van der Waals surface area contributed by atoms with Gasteiger partial charge in [-0.25, -0.2) is 15.0 Å². The molecule has 26 heavy (non-hydrogen) atoms. The van der Waals surface area contributed by atoms with Gasteiger partial charge in [0.15, 0.2) is 5.82 Å². The van der Waals surface area contributed by atoms with Crippen molar-refractivity contribution >= 4 is 23.1 Å². The van der Waals surface area contributed by atoms with Crippen LogP contribution in [0, 0.1) is 0 Å². The highest BCUT2D eigenvalue weighted by molar-refractivity contribution is 7.13. The molecule has 0 spiro atoms. The van der Waals surface area contributed by atoms with Gasteiger partial charge in [0.1, 0.15) is 10.7 Å². The molecule has 0 aliphatic carbocycles. The van der Waals surface area contributed by atoms with Crippen molar-refractivity contribution in [1.29, 1.82) is 0 Å². The molecule has 3 heterocycles. The Balaban J connectivity index is 1.55. The Kier molecular flexibility index (Phi) is 4.70. The zero-order chi connectivity index (χ0) is 17.8. The van der Waals surface area contributed by atoms with Crippen LogP contribution in [0.5, 0.6) is 0 Å². The number of nitrogens with one attached hydrogen (secondary N) is 1. The molecule has 3 aromatic heterocycles. The van der Waals surface area contributed by atoms with Gasteiger partial charge < -0.3 is 5.32 Å². The summed E-state index contributed by atoms with van der Waals surface area (Å²) in [6, 6.07) is 13.9. The minimum absolute atomic E-state index is 0.513. The van der Waals surface area contributed by atoms with Crippen LogP contribution in [0.1, 0.15) is 13.3 Å². The Morgan fingerprint density at radius 3 is 2.77 bits per heavy atom. The second kappa shape index (κ2) is 7.45. The Labute approximate surface area is 155 Å². The highest BCUT2D eigenvalue weighted by Gasteiger charge is 2.09. The zero-order valence-electron chi connectivity index (χ0n) is 14.3. The maximum Gasteiger partial charge on any atom is 0.228 e. The third-order valence-electron chi connectivity index (χ3n) is 3.78. The molecule has 0 amide bonds. The van der Waals surface area contributed by atoms with Gasteiger partial charge >= 0.3 is 0 Å². The number of rotatable bonds is 6. The first kappa shape index (κ1) is 16.4. The SMILES string of the molecule is CCCn1ccc(Nc2nccc(-c3csc(-c4ccccc4)n3)n2)n1. The summed E-state index contributed by atoms with van der Waals surface area (Å²) < 4.78 is 1.90. The molecule has 0 fully saturated rings. The van der Waals surface area contributed by atoms with Gasteiger partial charge in [-0.15, -0.1) is 11.3 Å². The van der Waals surface area contributed by atoms with Gasteiger partial charge in [-0.1, -0.05) is 37.3 Å². The number of hydrogen-bond donors (Lipinski definition) is 1. The van der Waals surface area contributed by atoms with Crippen molar-refractivity contribution in [2.24, 2.45) is 0 Å². The second-order valence-corrected chi connectivity index (χ2v) is 6.62. The van der Waals surface area contributed by atoms with Crippen LogP contribution in [0.25, 0.3) is 22.0 Å². The van der Waals surface area contributed by atoms with Crippen LogP contribution < -0.4 is 5.32 Å². The van der Waals surface area contributed by atoms with Crippen LogP contribution in [0.2, 0.25) is 0 Å². The Morgan fingerprint density at radius 2 is 1.92 bits per heavy atom. The van der Waals surface area contributed by atoms with Crippen molar-refractivity contribution in [2.45, 2.75) is 19.9 Å². The fourth-order valence-electron chi connectivity index (χ4n) is 2.56. The van der Waals surface area contributed by atoms with Crippen LogP contribution >= 0.6 is 11.3 Å². The topological polar surface area (TPSA) is 68.5 Å². The quantitative estimate of drug-likeness (QED) is 0.542. The minimum Gasteiger partial charge on any atom is -0.307 e. The largest absolute Gasteiger partial charge is 0.307 e. The van der Waals surface area contributed by atoms with Crippen molar-refractivity contribution in [1.82, 2.24) is 24.7 Å². The van der Waals surface area contributed by atoms with Gasteiger partial charge in [-0.05, 0) is 12.5 Å². The Bertz CT molecular complexity index is 992. The fourth-order valence-corrected chi connectivity index (χ4v) is 3.38. The zero-order valence-corrected chi connectivity index (χ0v) is 15.1. The maximum absolute atomic E-state index is 4.71. The summed E-state index contributed by atoms with van der Waals surface area (Å²) >= 11 is 1.61. The number of aryl methyl sites for hydroxylation is 1. The van der Waals surface area contributed by atoms with E-state index in [4.69, 9.17) is 4.98 Å². The van der Waals surface area contributed by atoms with E-state index < -0.39 is 0 Å². The summed E-state index contributed by atoms with van der Waals surface area (Å²) in [4.78, 5) is 13.6. The summed E-state index contributed by atoms with van der Waals surface area (Å²) in [7, 11) is 0. The van der Waals surface area contributed by atoms with E-state index in [1.54, 1.807) is 17.5 Å². The lowest BCUT2D eigenvalue weighted by Gasteiger charge is -2.03. The van der Waals surface area contributed by atoms with E-state index in [1.807, 2.05) is 46.6 Å². The summed E-state index contributed by atoms with van der Waals surface area (Å²) in [5.41, 5.74) is 2.74. The van der Waals surface area contributed by atoms with Crippen LogP contribution in [0.4, 0.5) is 11.8 Å². The van der Waals surface area contributed by atoms with Gasteiger partial charge in [0, 0.05) is 35.9 Å². The average Bonchev–Trinajstić information content (AvgIpc) is 3.33. The normalized spacial score (nSPS) is 10.8. The van der Waals surface area contributed by atoms with Crippen LogP contribution in [0.15, 0.2) is 60.2 Å². The lowest BCUT2D eigenvalue weighted by Crippen LogP contribution is -2.01. The first-order valence-electron chi connectivity index (χ1n) is 8.46.